The molecular formula is C18H33NO2S. The van der Waals surface area contributed by atoms with Crippen LogP contribution < -0.4 is 5.14 Å². The van der Waals surface area contributed by atoms with Crippen molar-refractivity contribution in [1.29, 1.82) is 0 Å². The number of unbranched alkanes of at least 4 members (excludes halogenated alkanes) is 5. The van der Waals surface area contributed by atoms with Crippen LogP contribution in [0.5, 0.6) is 0 Å². The smallest absolute Gasteiger partial charge is 0.219 e. The van der Waals surface area contributed by atoms with Crippen LogP contribution >= 0.6 is 0 Å². The second kappa shape index (κ2) is 8.88. The van der Waals surface area contributed by atoms with Gasteiger partial charge in [-0.1, -0.05) is 90.0 Å². The van der Waals surface area contributed by atoms with Gasteiger partial charge in [0.05, 0.1) is 0 Å². The van der Waals surface area contributed by atoms with E-state index in [-0.39, 0.29) is 11.8 Å². The number of allylic oxidation sites excluding steroid dienone is 3. The molecule has 128 valence electrons. The fourth-order valence-electron chi connectivity index (χ4n) is 3.58. The number of sulfonamides is 1. The number of primary sulfonamides is 1. The Morgan fingerprint density at radius 1 is 1.09 bits per heavy atom. The zero-order chi connectivity index (χ0) is 16.6. The summed E-state index contributed by atoms with van der Waals surface area (Å²) in [5.74, 6) is 0.0161. The van der Waals surface area contributed by atoms with Crippen molar-refractivity contribution in [3.63, 3.8) is 0 Å². The van der Waals surface area contributed by atoms with Gasteiger partial charge in [-0.25, -0.2) is 13.6 Å². The highest BCUT2D eigenvalue weighted by Gasteiger charge is 2.49. The lowest BCUT2D eigenvalue weighted by Gasteiger charge is -2.41. The summed E-state index contributed by atoms with van der Waals surface area (Å²) in [5.41, 5.74) is 0. The van der Waals surface area contributed by atoms with E-state index >= 15 is 0 Å². The highest BCUT2D eigenvalue weighted by atomic mass is 32.2. The third kappa shape index (κ3) is 4.45. The van der Waals surface area contributed by atoms with Gasteiger partial charge in [-0.05, 0) is 12.3 Å². The summed E-state index contributed by atoms with van der Waals surface area (Å²) < 4.78 is 23.8. The summed E-state index contributed by atoms with van der Waals surface area (Å²) in [6.45, 7) is 6.25. The first-order chi connectivity index (χ1) is 10.4. The second-order valence-electron chi connectivity index (χ2n) is 6.61. The second-order valence-corrected chi connectivity index (χ2v) is 8.41. The van der Waals surface area contributed by atoms with E-state index in [1.807, 2.05) is 38.2 Å². The Kier molecular flexibility index (Phi) is 7.84. The Morgan fingerprint density at radius 3 is 2.32 bits per heavy atom. The monoisotopic (exact) mass is 327 g/mol. The van der Waals surface area contributed by atoms with Crippen LogP contribution in [0.1, 0.15) is 72.1 Å². The van der Waals surface area contributed by atoms with Gasteiger partial charge < -0.3 is 0 Å². The summed E-state index contributed by atoms with van der Waals surface area (Å²) in [6, 6.07) is 0. The van der Waals surface area contributed by atoms with E-state index in [2.05, 4.69) is 6.92 Å². The van der Waals surface area contributed by atoms with Crippen LogP contribution in [0.15, 0.2) is 24.3 Å². The van der Waals surface area contributed by atoms with Crippen molar-refractivity contribution in [3.8, 4) is 0 Å². The maximum absolute atomic E-state index is 12.4. The molecule has 1 aliphatic carbocycles. The normalized spacial score (nSPS) is 26.3. The molecule has 0 heterocycles. The van der Waals surface area contributed by atoms with Gasteiger partial charge in [0.25, 0.3) is 0 Å². The Balaban J connectivity index is 2.77. The number of rotatable bonds is 10. The third-order valence-corrected chi connectivity index (χ3v) is 6.96. The molecule has 0 aromatic heterocycles. The molecular weight excluding hydrogens is 294 g/mol. The van der Waals surface area contributed by atoms with Crippen LogP contribution in [0.3, 0.4) is 0 Å². The lowest BCUT2D eigenvalue weighted by Crippen LogP contribution is -2.52. The average Bonchev–Trinajstić information content (AvgIpc) is 2.49. The minimum Gasteiger partial charge on any atom is -0.228 e. The van der Waals surface area contributed by atoms with Crippen molar-refractivity contribution >= 4 is 10.0 Å². The van der Waals surface area contributed by atoms with E-state index in [0.717, 1.165) is 19.3 Å². The Morgan fingerprint density at radius 2 is 1.73 bits per heavy atom. The molecule has 2 N–H and O–H groups in total. The van der Waals surface area contributed by atoms with Gasteiger partial charge in [-0.15, -0.1) is 0 Å². The topological polar surface area (TPSA) is 60.2 Å². The molecule has 0 aliphatic heterocycles. The Bertz CT molecular complexity index is 481. The molecule has 1 rings (SSSR count). The van der Waals surface area contributed by atoms with E-state index in [1.165, 1.54) is 32.1 Å². The van der Waals surface area contributed by atoms with Crippen LogP contribution in [-0.2, 0) is 10.0 Å². The van der Waals surface area contributed by atoms with Crippen LogP contribution in [0, 0.1) is 11.8 Å². The summed E-state index contributed by atoms with van der Waals surface area (Å²) in [5, 5.41) is 5.67. The maximum Gasteiger partial charge on any atom is 0.219 e. The minimum atomic E-state index is -3.64. The molecule has 0 amide bonds. The summed E-state index contributed by atoms with van der Waals surface area (Å²) >= 11 is 0. The predicted molar refractivity (Wildman–Crippen MR) is 95.1 cm³/mol. The fraction of sp³-hybridized carbons (Fsp3) is 0.778. The first-order valence-electron chi connectivity index (χ1n) is 8.78. The van der Waals surface area contributed by atoms with Crippen molar-refractivity contribution in [2.24, 2.45) is 17.0 Å². The van der Waals surface area contributed by atoms with Crippen LogP contribution in [0.25, 0.3) is 0 Å². The van der Waals surface area contributed by atoms with Gasteiger partial charge in [0.1, 0.15) is 4.75 Å². The van der Waals surface area contributed by atoms with Crippen LogP contribution in [0.2, 0.25) is 0 Å². The molecule has 3 atom stereocenters. The van der Waals surface area contributed by atoms with Crippen molar-refractivity contribution < 1.29 is 8.42 Å². The Hall–Kier alpha value is -0.610. The van der Waals surface area contributed by atoms with E-state index in [0.29, 0.717) is 0 Å². The summed E-state index contributed by atoms with van der Waals surface area (Å²) in [7, 11) is -3.64. The van der Waals surface area contributed by atoms with Crippen molar-refractivity contribution in [1.82, 2.24) is 0 Å². The fourth-order valence-corrected chi connectivity index (χ4v) is 5.19. The van der Waals surface area contributed by atoms with Gasteiger partial charge in [0.2, 0.25) is 10.0 Å². The van der Waals surface area contributed by atoms with Gasteiger partial charge in [0, 0.05) is 5.92 Å². The van der Waals surface area contributed by atoms with E-state index in [9.17, 15) is 8.42 Å². The first kappa shape index (κ1) is 19.4. The van der Waals surface area contributed by atoms with Gasteiger partial charge in [-0.2, -0.15) is 0 Å². The van der Waals surface area contributed by atoms with E-state index in [4.69, 9.17) is 5.14 Å². The molecule has 0 bridgehead atoms. The molecule has 0 saturated carbocycles. The van der Waals surface area contributed by atoms with Crippen molar-refractivity contribution in [2.45, 2.75) is 76.9 Å². The van der Waals surface area contributed by atoms with Gasteiger partial charge in [-0.3, -0.25) is 0 Å². The zero-order valence-electron chi connectivity index (χ0n) is 14.4. The van der Waals surface area contributed by atoms with Gasteiger partial charge >= 0.3 is 0 Å². The van der Waals surface area contributed by atoms with Crippen LogP contribution in [-0.4, -0.2) is 13.2 Å². The average molecular weight is 328 g/mol. The molecule has 0 radical (unpaired) electrons. The molecule has 0 spiro atoms. The molecule has 0 aromatic rings. The Labute approximate surface area is 137 Å². The molecule has 1 aliphatic rings. The molecule has 2 unspecified atom stereocenters. The highest BCUT2D eigenvalue weighted by molar-refractivity contribution is 7.90. The maximum atomic E-state index is 12.4. The lowest BCUT2D eigenvalue weighted by atomic mass is 9.75. The molecule has 0 saturated heterocycles. The first-order valence-corrected chi connectivity index (χ1v) is 10.3. The predicted octanol–water partition coefficient (Wildman–Crippen LogP) is 4.55. The molecule has 22 heavy (non-hydrogen) atoms. The number of hydrogen-bond acceptors (Lipinski definition) is 2. The van der Waals surface area contributed by atoms with Crippen molar-refractivity contribution in [3.05, 3.63) is 24.3 Å². The van der Waals surface area contributed by atoms with Crippen molar-refractivity contribution in [2.75, 3.05) is 0 Å². The molecule has 0 aromatic carbocycles. The quantitative estimate of drug-likeness (QED) is 0.598. The standard InChI is InChI=1S/C18H33NO2S/c1-4-6-7-8-9-10-13-17-14-11-12-15-18(17,16(3)5-2)22(19,20)21/h11-12,14-17H,4-10,13H2,1-3H3,(H2,19,20,21)/t16-,17?,18?/m0/s1. The number of hydrogen-bond donors (Lipinski definition) is 1. The zero-order valence-corrected chi connectivity index (χ0v) is 15.2. The van der Waals surface area contributed by atoms with E-state index in [1.54, 1.807) is 0 Å². The molecule has 3 nitrogen and oxygen atoms in total. The minimum absolute atomic E-state index is 0.00590. The summed E-state index contributed by atoms with van der Waals surface area (Å²) in [4.78, 5) is 0. The molecule has 0 fully saturated rings. The third-order valence-electron chi connectivity index (χ3n) is 5.13. The SMILES string of the molecule is CCCCCCCCC1C=CC=CC1([C@@H](C)CC)S(N)(=O)=O. The van der Waals surface area contributed by atoms with Crippen LogP contribution in [0.4, 0.5) is 0 Å². The number of nitrogens with two attached hydrogens (primary N) is 1. The molecule has 4 heteroatoms. The highest BCUT2D eigenvalue weighted by Crippen LogP contribution is 2.42. The van der Waals surface area contributed by atoms with E-state index < -0.39 is 14.8 Å². The largest absolute Gasteiger partial charge is 0.228 e. The van der Waals surface area contributed by atoms with Gasteiger partial charge in [0.15, 0.2) is 0 Å². The lowest BCUT2D eigenvalue weighted by molar-refractivity contribution is 0.327. The summed E-state index contributed by atoms with van der Waals surface area (Å²) in [6.07, 6.45) is 16.7.